The van der Waals surface area contributed by atoms with Gasteiger partial charge in [0.15, 0.2) is 0 Å². The second kappa shape index (κ2) is 7.76. The molecule has 2 rings (SSSR count). The predicted octanol–water partition coefficient (Wildman–Crippen LogP) is 4.73. The van der Waals surface area contributed by atoms with E-state index in [0.717, 1.165) is 24.4 Å². The van der Waals surface area contributed by atoms with Crippen molar-refractivity contribution in [2.24, 2.45) is 0 Å². The van der Waals surface area contributed by atoms with Gasteiger partial charge >= 0.3 is 0 Å². The topological polar surface area (TPSA) is 21.3 Å². The number of thiophene rings is 1. The molecular weight excluding hydrogens is 341 g/mol. The third-order valence-corrected chi connectivity index (χ3v) is 4.42. The van der Waals surface area contributed by atoms with Crippen LogP contribution < -0.4 is 10.1 Å². The Morgan fingerprint density at radius 3 is 2.80 bits per heavy atom. The van der Waals surface area contributed by atoms with E-state index < -0.39 is 0 Å². The quantitative estimate of drug-likeness (QED) is 0.723. The van der Waals surface area contributed by atoms with Gasteiger partial charge in [-0.1, -0.05) is 6.92 Å². The van der Waals surface area contributed by atoms with Crippen molar-refractivity contribution in [1.29, 1.82) is 0 Å². The third kappa shape index (κ3) is 4.58. The number of rotatable bonds is 7. The molecule has 0 saturated carbocycles. The summed E-state index contributed by atoms with van der Waals surface area (Å²) in [6.07, 6.45) is 1.14. The van der Waals surface area contributed by atoms with E-state index in [0.29, 0.717) is 16.8 Å². The Morgan fingerprint density at radius 2 is 2.05 bits per heavy atom. The van der Waals surface area contributed by atoms with E-state index >= 15 is 0 Å². The van der Waals surface area contributed by atoms with Crippen molar-refractivity contribution in [1.82, 2.24) is 5.32 Å². The van der Waals surface area contributed by atoms with Gasteiger partial charge in [-0.25, -0.2) is 4.39 Å². The van der Waals surface area contributed by atoms with Crippen LogP contribution in [0.1, 0.15) is 23.1 Å². The molecule has 0 aliphatic carbocycles. The predicted molar refractivity (Wildman–Crippen MR) is 84.7 cm³/mol. The van der Waals surface area contributed by atoms with Gasteiger partial charge in [-0.15, -0.1) is 11.3 Å². The molecule has 0 aliphatic heterocycles. The average Bonchev–Trinajstić information content (AvgIpc) is 2.88. The van der Waals surface area contributed by atoms with Crippen molar-refractivity contribution in [3.05, 3.63) is 50.4 Å². The molecule has 2 aromatic rings. The largest absolute Gasteiger partial charge is 0.488 e. The summed E-state index contributed by atoms with van der Waals surface area (Å²) < 4.78 is 19.4. The fourth-order valence-corrected chi connectivity index (χ4v) is 2.85. The van der Waals surface area contributed by atoms with Crippen LogP contribution in [-0.2, 0) is 13.2 Å². The van der Waals surface area contributed by atoms with Crippen LogP contribution in [0.5, 0.6) is 5.75 Å². The van der Waals surface area contributed by atoms with E-state index in [1.165, 1.54) is 10.9 Å². The highest BCUT2D eigenvalue weighted by atomic mass is 79.9. The number of hydrogen-bond acceptors (Lipinski definition) is 3. The Kier molecular flexibility index (Phi) is 6.01. The first-order valence-corrected chi connectivity index (χ1v) is 8.16. The Balaban J connectivity index is 1.85. The van der Waals surface area contributed by atoms with Gasteiger partial charge in [-0.3, -0.25) is 0 Å². The number of halogens is 2. The molecule has 0 amide bonds. The van der Waals surface area contributed by atoms with Crippen LogP contribution in [0, 0.1) is 5.82 Å². The van der Waals surface area contributed by atoms with Gasteiger partial charge < -0.3 is 10.1 Å². The molecule has 1 N–H and O–H groups in total. The molecule has 0 spiro atoms. The Morgan fingerprint density at radius 1 is 1.25 bits per heavy atom. The van der Waals surface area contributed by atoms with Crippen LogP contribution in [0.15, 0.2) is 34.8 Å². The molecular formula is C15H17BrFNOS. The maximum absolute atomic E-state index is 13.3. The first-order chi connectivity index (χ1) is 9.69. The summed E-state index contributed by atoms with van der Waals surface area (Å²) in [7, 11) is 0. The molecule has 0 aliphatic rings. The van der Waals surface area contributed by atoms with E-state index in [2.05, 4.69) is 40.3 Å². The molecule has 5 heteroatoms. The average molecular weight is 358 g/mol. The summed E-state index contributed by atoms with van der Waals surface area (Å²) in [6.45, 7) is 4.55. The smallest absolute Gasteiger partial charge is 0.141 e. The Bertz CT molecular complexity index is 559. The zero-order valence-corrected chi connectivity index (χ0v) is 13.7. The number of nitrogens with one attached hydrogen (secondary N) is 1. The molecule has 0 radical (unpaired) electrons. The van der Waals surface area contributed by atoms with Gasteiger partial charge in [0.1, 0.15) is 18.2 Å². The minimum Gasteiger partial charge on any atom is -0.488 e. The number of hydrogen-bond donors (Lipinski definition) is 1. The fourth-order valence-electron chi connectivity index (χ4n) is 1.70. The van der Waals surface area contributed by atoms with Crippen LogP contribution in [0.3, 0.4) is 0 Å². The second-order valence-corrected chi connectivity index (χ2v) is 6.52. The van der Waals surface area contributed by atoms with Crippen LogP contribution in [0.4, 0.5) is 4.39 Å². The van der Waals surface area contributed by atoms with Gasteiger partial charge in [-0.05, 0) is 53.2 Å². The molecule has 0 bridgehead atoms. The second-order valence-electron chi connectivity index (χ2n) is 4.41. The Labute approximate surface area is 131 Å². The summed E-state index contributed by atoms with van der Waals surface area (Å²) in [5.41, 5.74) is 0. The van der Waals surface area contributed by atoms with E-state index in [1.807, 2.05) is 0 Å². The minimum absolute atomic E-state index is 0.307. The Hall–Kier alpha value is -0.910. The molecule has 20 heavy (non-hydrogen) atoms. The van der Waals surface area contributed by atoms with Crippen molar-refractivity contribution in [2.75, 3.05) is 6.54 Å². The van der Waals surface area contributed by atoms with E-state index in [1.54, 1.807) is 23.5 Å². The van der Waals surface area contributed by atoms with Crippen molar-refractivity contribution < 1.29 is 9.13 Å². The normalized spacial score (nSPS) is 10.8. The SMILES string of the molecule is CCCNCc1ccc(COc2ccc(Br)c(F)c2)s1. The van der Waals surface area contributed by atoms with E-state index in [4.69, 9.17) is 4.74 Å². The summed E-state index contributed by atoms with van der Waals surface area (Å²) >= 11 is 4.84. The molecule has 0 unspecified atom stereocenters. The lowest BCUT2D eigenvalue weighted by Gasteiger charge is -2.05. The van der Waals surface area contributed by atoms with Crippen LogP contribution >= 0.6 is 27.3 Å². The molecule has 1 aromatic heterocycles. The molecule has 0 atom stereocenters. The highest BCUT2D eigenvalue weighted by Gasteiger charge is 2.04. The van der Waals surface area contributed by atoms with Crippen molar-refractivity contribution in [3.8, 4) is 5.75 Å². The van der Waals surface area contributed by atoms with Crippen LogP contribution in [0.2, 0.25) is 0 Å². The van der Waals surface area contributed by atoms with Crippen molar-refractivity contribution in [3.63, 3.8) is 0 Å². The lowest BCUT2D eigenvalue weighted by Crippen LogP contribution is -2.12. The molecule has 1 heterocycles. The van der Waals surface area contributed by atoms with Crippen molar-refractivity contribution in [2.45, 2.75) is 26.5 Å². The zero-order valence-electron chi connectivity index (χ0n) is 11.3. The highest BCUT2D eigenvalue weighted by molar-refractivity contribution is 9.10. The maximum Gasteiger partial charge on any atom is 0.141 e. The summed E-state index contributed by atoms with van der Waals surface area (Å²) in [6, 6.07) is 8.96. The van der Waals surface area contributed by atoms with Gasteiger partial charge in [0.25, 0.3) is 0 Å². The fraction of sp³-hybridized carbons (Fsp3) is 0.333. The third-order valence-electron chi connectivity index (χ3n) is 2.72. The molecule has 2 nitrogen and oxygen atoms in total. The van der Waals surface area contributed by atoms with Crippen LogP contribution in [0.25, 0.3) is 0 Å². The van der Waals surface area contributed by atoms with E-state index in [9.17, 15) is 4.39 Å². The summed E-state index contributed by atoms with van der Waals surface area (Å²) in [5.74, 6) is 0.239. The standard InChI is InChI=1S/C15H17BrFNOS/c1-2-7-18-9-12-4-5-13(20-12)10-19-11-3-6-14(16)15(17)8-11/h3-6,8,18H,2,7,9-10H2,1H3. The lowest BCUT2D eigenvalue weighted by molar-refractivity contribution is 0.308. The first kappa shape index (κ1) is 15.5. The van der Waals surface area contributed by atoms with Crippen molar-refractivity contribution >= 4 is 27.3 Å². The molecule has 0 fully saturated rings. The summed E-state index contributed by atoms with van der Waals surface area (Å²) in [4.78, 5) is 2.43. The lowest BCUT2D eigenvalue weighted by atomic mass is 10.3. The maximum atomic E-state index is 13.3. The minimum atomic E-state index is -0.307. The monoisotopic (exact) mass is 357 g/mol. The molecule has 0 saturated heterocycles. The van der Waals surface area contributed by atoms with Crippen LogP contribution in [-0.4, -0.2) is 6.54 Å². The zero-order chi connectivity index (χ0) is 14.4. The number of ether oxygens (including phenoxy) is 1. The molecule has 1 aromatic carbocycles. The molecule has 108 valence electrons. The van der Waals surface area contributed by atoms with E-state index in [-0.39, 0.29) is 5.82 Å². The highest BCUT2D eigenvalue weighted by Crippen LogP contribution is 2.23. The van der Waals surface area contributed by atoms with Gasteiger partial charge in [0, 0.05) is 22.4 Å². The summed E-state index contributed by atoms with van der Waals surface area (Å²) in [5, 5.41) is 3.37. The number of benzene rings is 1. The van der Waals surface area contributed by atoms with Gasteiger partial charge in [0.2, 0.25) is 0 Å². The first-order valence-electron chi connectivity index (χ1n) is 6.55. The van der Waals surface area contributed by atoms with Gasteiger partial charge in [-0.2, -0.15) is 0 Å². The van der Waals surface area contributed by atoms with Gasteiger partial charge in [0.05, 0.1) is 4.47 Å².